The first-order valence-electron chi connectivity index (χ1n) is 8.93. The highest BCUT2D eigenvalue weighted by atomic mass is 32.1. The molecule has 2 aromatic rings. The van der Waals surface area contributed by atoms with Crippen molar-refractivity contribution in [2.45, 2.75) is 38.0 Å². The lowest BCUT2D eigenvalue weighted by Crippen LogP contribution is -2.33. The molecule has 2 heteroatoms. The molecular weight excluding hydrogens is 298 g/mol. The van der Waals surface area contributed by atoms with Crippen LogP contribution in [0.3, 0.4) is 0 Å². The minimum Gasteiger partial charge on any atom is -0.300 e. The molecule has 0 saturated carbocycles. The minimum atomic E-state index is 0.762. The third kappa shape index (κ3) is 3.44. The van der Waals surface area contributed by atoms with Crippen LogP contribution in [0.5, 0.6) is 0 Å². The van der Waals surface area contributed by atoms with Crippen LogP contribution in [-0.2, 0) is 6.42 Å². The predicted octanol–water partition coefficient (Wildman–Crippen LogP) is 5.35. The van der Waals surface area contributed by atoms with E-state index in [0.29, 0.717) is 0 Å². The average Bonchev–Trinajstić information content (AvgIpc) is 3.10. The Kier molecular flexibility index (Phi) is 4.63. The van der Waals surface area contributed by atoms with Crippen LogP contribution in [0.2, 0.25) is 0 Å². The first-order chi connectivity index (χ1) is 11.4. The number of benzene rings is 1. The van der Waals surface area contributed by atoms with Crippen molar-refractivity contribution in [3.63, 3.8) is 0 Å². The summed E-state index contributed by atoms with van der Waals surface area (Å²) in [5.74, 6) is 0.762. The summed E-state index contributed by atoms with van der Waals surface area (Å²) in [6.45, 7) is 3.60. The molecule has 1 aromatic carbocycles. The number of piperidine rings is 1. The Morgan fingerprint density at radius 1 is 1.04 bits per heavy atom. The fraction of sp³-hybridized carbons (Fsp3) is 0.429. The van der Waals surface area contributed by atoms with Gasteiger partial charge in [0.25, 0.3) is 0 Å². The maximum atomic E-state index is 2.63. The zero-order valence-corrected chi connectivity index (χ0v) is 14.5. The molecular formula is C21H25NS. The standard InChI is InChI=1S/C21H25NS/c1-2-5-17(6-3-1)18-9-13-22(14-10-18)15-11-19-7-4-8-21-20(19)12-16-23-21/h1-3,5-6,11-12,16,18H,4,7-10,13-15H2/b19-11+. The van der Waals surface area contributed by atoms with Gasteiger partial charge in [-0.25, -0.2) is 0 Å². The molecule has 23 heavy (non-hydrogen) atoms. The summed E-state index contributed by atoms with van der Waals surface area (Å²) in [5, 5.41) is 2.26. The molecule has 1 aliphatic carbocycles. The van der Waals surface area contributed by atoms with Gasteiger partial charge in [0.1, 0.15) is 0 Å². The second-order valence-corrected chi connectivity index (χ2v) is 7.83. The van der Waals surface area contributed by atoms with E-state index in [1.165, 1.54) is 50.8 Å². The summed E-state index contributed by atoms with van der Waals surface area (Å²) in [7, 11) is 0. The zero-order chi connectivity index (χ0) is 15.5. The van der Waals surface area contributed by atoms with Crippen molar-refractivity contribution in [3.8, 4) is 0 Å². The Labute approximate surface area is 143 Å². The summed E-state index contributed by atoms with van der Waals surface area (Å²) in [5.41, 5.74) is 4.67. The van der Waals surface area contributed by atoms with Crippen molar-refractivity contribution in [2.75, 3.05) is 19.6 Å². The molecule has 1 saturated heterocycles. The third-order valence-electron chi connectivity index (χ3n) is 5.40. The van der Waals surface area contributed by atoms with Crippen molar-refractivity contribution in [2.24, 2.45) is 0 Å². The van der Waals surface area contributed by atoms with Crippen LogP contribution in [0.15, 0.2) is 47.9 Å². The van der Waals surface area contributed by atoms with Gasteiger partial charge in [-0.2, -0.15) is 0 Å². The predicted molar refractivity (Wildman–Crippen MR) is 100 cm³/mol. The monoisotopic (exact) mass is 323 g/mol. The van der Waals surface area contributed by atoms with Crippen molar-refractivity contribution in [3.05, 3.63) is 63.9 Å². The number of likely N-dealkylation sites (tertiary alicyclic amines) is 1. The Morgan fingerprint density at radius 3 is 2.70 bits per heavy atom. The number of thiophene rings is 1. The first kappa shape index (κ1) is 15.2. The summed E-state index contributed by atoms with van der Waals surface area (Å²) < 4.78 is 0. The normalized spacial score (nSPS) is 21.5. The topological polar surface area (TPSA) is 3.24 Å². The largest absolute Gasteiger partial charge is 0.300 e. The van der Waals surface area contributed by atoms with E-state index in [2.05, 4.69) is 52.8 Å². The van der Waals surface area contributed by atoms with Gasteiger partial charge in [-0.15, -0.1) is 11.3 Å². The van der Waals surface area contributed by atoms with E-state index in [-0.39, 0.29) is 0 Å². The molecule has 2 aliphatic rings. The molecule has 1 fully saturated rings. The molecule has 1 nitrogen and oxygen atoms in total. The van der Waals surface area contributed by atoms with Crippen LogP contribution in [0.25, 0.3) is 5.57 Å². The van der Waals surface area contributed by atoms with Gasteiger partial charge in [0, 0.05) is 11.4 Å². The fourth-order valence-electron chi connectivity index (χ4n) is 4.02. The van der Waals surface area contributed by atoms with E-state index < -0.39 is 0 Å². The smallest absolute Gasteiger partial charge is 0.0169 e. The van der Waals surface area contributed by atoms with Crippen LogP contribution in [0, 0.1) is 0 Å². The lowest BCUT2D eigenvalue weighted by Gasteiger charge is -2.31. The highest BCUT2D eigenvalue weighted by Crippen LogP contribution is 2.34. The maximum absolute atomic E-state index is 2.63. The van der Waals surface area contributed by atoms with Crippen LogP contribution < -0.4 is 0 Å². The SMILES string of the molecule is C(/CN1CCC(c2ccccc2)CC1)=C1/CCCc2sccc21. The Morgan fingerprint density at radius 2 is 1.87 bits per heavy atom. The number of allylic oxidation sites excluding steroid dienone is 1. The van der Waals surface area contributed by atoms with Gasteiger partial charge >= 0.3 is 0 Å². The Hall–Kier alpha value is -1.38. The maximum Gasteiger partial charge on any atom is 0.0169 e. The molecule has 0 unspecified atom stereocenters. The van der Waals surface area contributed by atoms with Gasteiger partial charge in [-0.05, 0) is 79.3 Å². The number of hydrogen-bond acceptors (Lipinski definition) is 2. The fourth-order valence-corrected chi connectivity index (χ4v) is 4.98. The van der Waals surface area contributed by atoms with Crippen molar-refractivity contribution in [1.82, 2.24) is 4.90 Å². The van der Waals surface area contributed by atoms with Crippen LogP contribution >= 0.6 is 11.3 Å². The second kappa shape index (κ2) is 7.02. The number of rotatable bonds is 3. The van der Waals surface area contributed by atoms with E-state index in [4.69, 9.17) is 0 Å². The van der Waals surface area contributed by atoms with Gasteiger partial charge in [-0.3, -0.25) is 4.90 Å². The summed E-state index contributed by atoms with van der Waals surface area (Å²) in [4.78, 5) is 4.23. The molecule has 0 spiro atoms. The molecule has 0 bridgehead atoms. The van der Waals surface area contributed by atoms with E-state index in [0.717, 1.165) is 12.5 Å². The van der Waals surface area contributed by atoms with E-state index in [1.807, 2.05) is 11.3 Å². The van der Waals surface area contributed by atoms with Crippen molar-refractivity contribution >= 4 is 16.9 Å². The quantitative estimate of drug-likeness (QED) is 0.736. The number of aryl methyl sites for hydroxylation is 1. The van der Waals surface area contributed by atoms with Crippen molar-refractivity contribution in [1.29, 1.82) is 0 Å². The van der Waals surface area contributed by atoms with Crippen LogP contribution in [0.4, 0.5) is 0 Å². The second-order valence-electron chi connectivity index (χ2n) is 6.83. The molecule has 1 aliphatic heterocycles. The molecule has 2 heterocycles. The lowest BCUT2D eigenvalue weighted by atomic mass is 9.89. The van der Waals surface area contributed by atoms with Gasteiger partial charge in [-0.1, -0.05) is 36.4 Å². The number of hydrogen-bond donors (Lipinski definition) is 0. The number of fused-ring (bicyclic) bond motifs is 1. The van der Waals surface area contributed by atoms with E-state index in [9.17, 15) is 0 Å². The molecule has 120 valence electrons. The molecule has 4 rings (SSSR count). The van der Waals surface area contributed by atoms with Crippen molar-refractivity contribution < 1.29 is 0 Å². The Bertz CT molecular complexity index is 662. The van der Waals surface area contributed by atoms with Crippen LogP contribution in [-0.4, -0.2) is 24.5 Å². The molecule has 0 atom stereocenters. The lowest BCUT2D eigenvalue weighted by molar-refractivity contribution is 0.232. The Balaban J connectivity index is 1.35. The average molecular weight is 324 g/mol. The molecule has 0 N–H and O–H groups in total. The number of nitrogens with zero attached hydrogens (tertiary/aromatic N) is 1. The van der Waals surface area contributed by atoms with Gasteiger partial charge in [0.15, 0.2) is 0 Å². The summed E-state index contributed by atoms with van der Waals surface area (Å²) >= 11 is 1.93. The van der Waals surface area contributed by atoms with E-state index in [1.54, 1.807) is 16.0 Å². The van der Waals surface area contributed by atoms with Gasteiger partial charge in [0.2, 0.25) is 0 Å². The van der Waals surface area contributed by atoms with Crippen LogP contribution in [0.1, 0.15) is 47.6 Å². The summed E-state index contributed by atoms with van der Waals surface area (Å²) in [6, 6.07) is 13.4. The molecule has 0 radical (unpaired) electrons. The highest BCUT2D eigenvalue weighted by Gasteiger charge is 2.20. The third-order valence-corrected chi connectivity index (χ3v) is 6.38. The highest BCUT2D eigenvalue weighted by molar-refractivity contribution is 7.10. The van der Waals surface area contributed by atoms with Gasteiger partial charge in [0.05, 0.1) is 0 Å². The zero-order valence-electron chi connectivity index (χ0n) is 13.7. The molecule has 0 amide bonds. The molecule has 1 aromatic heterocycles. The van der Waals surface area contributed by atoms with Gasteiger partial charge < -0.3 is 0 Å². The summed E-state index contributed by atoms with van der Waals surface area (Å²) in [6.07, 6.45) is 8.99. The minimum absolute atomic E-state index is 0.762. The first-order valence-corrected chi connectivity index (χ1v) is 9.81. The van der Waals surface area contributed by atoms with E-state index >= 15 is 0 Å².